The Labute approximate surface area is 244 Å². The lowest BCUT2D eigenvalue weighted by Crippen LogP contribution is -2.54. The maximum atomic E-state index is 14.1. The molecule has 2 aromatic rings. The Morgan fingerprint density at radius 3 is 2.15 bits per heavy atom. The number of carbonyl (C=O) groups excluding carboxylic acids is 4. The van der Waals surface area contributed by atoms with Crippen molar-refractivity contribution < 1.29 is 23.9 Å². The lowest BCUT2D eigenvalue weighted by atomic mass is 10.00. The molecule has 0 saturated heterocycles. The predicted molar refractivity (Wildman–Crippen MR) is 160 cm³/mol. The molecule has 0 radical (unpaired) electrons. The Morgan fingerprint density at radius 2 is 1.56 bits per heavy atom. The number of hydrogen-bond acceptors (Lipinski definition) is 5. The van der Waals surface area contributed by atoms with Crippen molar-refractivity contribution in [3.05, 3.63) is 71.3 Å². The number of rotatable bonds is 15. The topological polar surface area (TPSA) is 131 Å². The molecule has 2 aromatic carbocycles. The van der Waals surface area contributed by atoms with Gasteiger partial charge < -0.3 is 26.0 Å². The number of alkyl carbamates (subject to hydrolysis) is 1. The molecule has 0 fully saturated rings. The second kappa shape index (κ2) is 16.4. The molecule has 0 saturated carbocycles. The number of carbonyl (C=O) groups is 4. The van der Waals surface area contributed by atoms with Gasteiger partial charge in [-0.05, 0) is 45.2 Å². The lowest BCUT2D eigenvalue weighted by Gasteiger charge is -2.34. The highest BCUT2D eigenvalue weighted by Crippen LogP contribution is 2.25. The number of benzene rings is 2. The molecule has 9 nitrogen and oxygen atoms in total. The maximum absolute atomic E-state index is 14.1. The molecule has 0 aliphatic heterocycles. The molecule has 41 heavy (non-hydrogen) atoms. The Balaban J connectivity index is 2.46. The first-order chi connectivity index (χ1) is 19.4. The van der Waals surface area contributed by atoms with Crippen molar-refractivity contribution in [1.29, 1.82) is 0 Å². The van der Waals surface area contributed by atoms with E-state index in [0.29, 0.717) is 12.0 Å². The van der Waals surface area contributed by atoms with E-state index < -0.39 is 42.0 Å². The van der Waals surface area contributed by atoms with Crippen molar-refractivity contribution in [3.63, 3.8) is 0 Å². The Morgan fingerprint density at radius 1 is 0.927 bits per heavy atom. The van der Waals surface area contributed by atoms with Crippen molar-refractivity contribution in [2.75, 3.05) is 6.54 Å². The summed E-state index contributed by atoms with van der Waals surface area (Å²) in [6.45, 7) is 9.70. The van der Waals surface area contributed by atoms with Gasteiger partial charge in [0.15, 0.2) is 0 Å². The van der Waals surface area contributed by atoms with E-state index in [1.807, 2.05) is 61.5 Å². The molecule has 0 spiro atoms. The average Bonchev–Trinajstić information content (AvgIpc) is 2.90. The predicted octanol–water partition coefficient (Wildman–Crippen LogP) is 4.92. The third-order valence-electron chi connectivity index (χ3n) is 6.44. The number of nitrogens with one attached hydrogen (secondary N) is 2. The molecule has 2 atom stereocenters. The summed E-state index contributed by atoms with van der Waals surface area (Å²) >= 11 is 0. The highest BCUT2D eigenvalue weighted by Gasteiger charge is 2.36. The van der Waals surface area contributed by atoms with E-state index in [2.05, 4.69) is 17.6 Å². The molecule has 2 rings (SSSR count). The molecular formula is C32H46N4O5. The standard InChI is InChI=1S/C32H46N4O5/c1-6-7-8-9-13-20-36(30(39)26(21-27(33)37)35-31(40)41-32(3,4)5)28(25-18-16-23(2)17-19-25)29(38)34-22-24-14-11-10-12-15-24/h10-12,14-19,26,28H,6-9,13,20-22H2,1-5H3,(H2,33,37)(H,34,38)(H,35,40). The third-order valence-corrected chi connectivity index (χ3v) is 6.44. The lowest BCUT2D eigenvalue weighted by molar-refractivity contribution is -0.143. The quantitative estimate of drug-likeness (QED) is 0.263. The van der Waals surface area contributed by atoms with Gasteiger partial charge >= 0.3 is 6.09 Å². The van der Waals surface area contributed by atoms with Crippen LogP contribution in [-0.2, 0) is 25.7 Å². The summed E-state index contributed by atoms with van der Waals surface area (Å²) in [6.07, 6.45) is 3.36. The third kappa shape index (κ3) is 12.0. The van der Waals surface area contributed by atoms with Crippen LogP contribution in [0.25, 0.3) is 0 Å². The highest BCUT2D eigenvalue weighted by molar-refractivity contribution is 5.94. The van der Waals surface area contributed by atoms with Gasteiger partial charge in [-0.2, -0.15) is 0 Å². The van der Waals surface area contributed by atoms with Crippen molar-refractivity contribution in [2.24, 2.45) is 5.73 Å². The SMILES string of the molecule is CCCCCCCN(C(=O)C(CC(N)=O)NC(=O)OC(C)(C)C)C(C(=O)NCc1ccccc1)c1ccc(C)cc1. The fourth-order valence-electron chi connectivity index (χ4n) is 4.41. The van der Waals surface area contributed by atoms with E-state index in [4.69, 9.17) is 10.5 Å². The first-order valence-corrected chi connectivity index (χ1v) is 14.4. The fraction of sp³-hybridized carbons (Fsp3) is 0.500. The molecule has 0 aliphatic carbocycles. The van der Waals surface area contributed by atoms with E-state index >= 15 is 0 Å². The van der Waals surface area contributed by atoms with Gasteiger partial charge in [0.1, 0.15) is 17.7 Å². The number of nitrogens with zero attached hydrogens (tertiary/aromatic N) is 1. The molecule has 0 aliphatic rings. The second-order valence-corrected chi connectivity index (χ2v) is 11.3. The van der Waals surface area contributed by atoms with E-state index in [1.165, 1.54) is 4.90 Å². The molecule has 0 bridgehead atoms. The van der Waals surface area contributed by atoms with Crippen LogP contribution in [0.15, 0.2) is 54.6 Å². The van der Waals surface area contributed by atoms with Crippen LogP contribution in [0, 0.1) is 6.92 Å². The summed E-state index contributed by atoms with van der Waals surface area (Å²) in [5.41, 5.74) is 7.22. The van der Waals surface area contributed by atoms with Gasteiger partial charge in [0.25, 0.3) is 0 Å². The van der Waals surface area contributed by atoms with Crippen molar-refractivity contribution in [3.8, 4) is 0 Å². The molecule has 0 heterocycles. The maximum Gasteiger partial charge on any atom is 0.408 e. The van der Waals surface area contributed by atoms with Crippen LogP contribution in [0.4, 0.5) is 4.79 Å². The van der Waals surface area contributed by atoms with E-state index in [9.17, 15) is 19.2 Å². The minimum absolute atomic E-state index is 0.255. The number of aryl methyl sites for hydroxylation is 1. The minimum atomic E-state index is -1.30. The van der Waals surface area contributed by atoms with Gasteiger partial charge in [-0.3, -0.25) is 14.4 Å². The van der Waals surface area contributed by atoms with E-state index in [0.717, 1.165) is 36.8 Å². The number of primary amides is 1. The Bertz CT molecular complexity index is 1130. The summed E-state index contributed by atoms with van der Waals surface area (Å²) in [5, 5.41) is 5.50. The molecule has 4 amide bonds. The van der Waals surface area contributed by atoms with E-state index in [-0.39, 0.29) is 19.0 Å². The van der Waals surface area contributed by atoms with Crippen LogP contribution in [-0.4, -0.2) is 46.9 Å². The van der Waals surface area contributed by atoms with Crippen molar-refractivity contribution in [1.82, 2.24) is 15.5 Å². The summed E-state index contributed by atoms with van der Waals surface area (Å²) in [5.74, 6) is -1.71. The number of unbranched alkanes of at least 4 members (excludes halogenated alkanes) is 4. The molecule has 4 N–H and O–H groups in total. The van der Waals surface area contributed by atoms with Gasteiger partial charge in [-0.15, -0.1) is 0 Å². The van der Waals surface area contributed by atoms with Crippen LogP contribution >= 0.6 is 0 Å². The Kier molecular flexibility index (Phi) is 13.3. The minimum Gasteiger partial charge on any atom is -0.444 e. The van der Waals surface area contributed by atoms with Crippen LogP contribution in [0.2, 0.25) is 0 Å². The first kappa shape index (κ1) is 33.3. The van der Waals surface area contributed by atoms with Gasteiger partial charge in [-0.25, -0.2) is 4.79 Å². The zero-order valence-corrected chi connectivity index (χ0v) is 25.1. The summed E-state index contributed by atoms with van der Waals surface area (Å²) in [4.78, 5) is 54.0. The normalized spacial score (nSPS) is 12.6. The summed E-state index contributed by atoms with van der Waals surface area (Å²) < 4.78 is 5.35. The molecule has 2 unspecified atom stereocenters. The van der Waals surface area contributed by atoms with Crippen LogP contribution in [0.3, 0.4) is 0 Å². The van der Waals surface area contributed by atoms with E-state index in [1.54, 1.807) is 20.8 Å². The smallest absolute Gasteiger partial charge is 0.408 e. The molecule has 0 aromatic heterocycles. The highest BCUT2D eigenvalue weighted by atomic mass is 16.6. The van der Waals surface area contributed by atoms with Crippen LogP contribution < -0.4 is 16.4 Å². The van der Waals surface area contributed by atoms with Gasteiger partial charge in [-0.1, -0.05) is 92.8 Å². The average molecular weight is 567 g/mol. The van der Waals surface area contributed by atoms with Gasteiger partial charge in [0, 0.05) is 13.1 Å². The van der Waals surface area contributed by atoms with Crippen molar-refractivity contribution >= 4 is 23.8 Å². The largest absolute Gasteiger partial charge is 0.444 e. The fourth-order valence-corrected chi connectivity index (χ4v) is 4.41. The summed E-state index contributed by atoms with van der Waals surface area (Å²) in [7, 11) is 0. The zero-order chi connectivity index (χ0) is 30.4. The van der Waals surface area contributed by atoms with Gasteiger partial charge in [0.05, 0.1) is 6.42 Å². The summed E-state index contributed by atoms with van der Waals surface area (Å²) in [6, 6.07) is 14.6. The zero-order valence-electron chi connectivity index (χ0n) is 25.1. The number of amides is 4. The molecular weight excluding hydrogens is 520 g/mol. The van der Waals surface area contributed by atoms with Crippen LogP contribution in [0.5, 0.6) is 0 Å². The Hall–Kier alpha value is -3.88. The van der Waals surface area contributed by atoms with Crippen molar-refractivity contribution in [2.45, 2.75) is 97.4 Å². The number of hydrogen-bond donors (Lipinski definition) is 3. The van der Waals surface area contributed by atoms with Gasteiger partial charge in [0.2, 0.25) is 17.7 Å². The number of ether oxygens (including phenoxy) is 1. The molecule has 224 valence electrons. The second-order valence-electron chi connectivity index (χ2n) is 11.3. The first-order valence-electron chi connectivity index (χ1n) is 14.4. The monoisotopic (exact) mass is 566 g/mol. The van der Waals surface area contributed by atoms with Crippen LogP contribution in [0.1, 0.15) is 89.0 Å². The number of nitrogens with two attached hydrogens (primary N) is 1. The molecule has 9 heteroatoms.